The molecule has 0 radical (unpaired) electrons. The highest BCUT2D eigenvalue weighted by atomic mass is 16.2. The number of rotatable bonds is 2. The fraction of sp³-hybridized carbons (Fsp3) is 0.524. The van der Waals surface area contributed by atoms with E-state index < -0.39 is 0 Å². The minimum Gasteiger partial charge on any atom is -0.326 e. The van der Waals surface area contributed by atoms with Gasteiger partial charge in [-0.05, 0) is 86.8 Å². The van der Waals surface area contributed by atoms with Gasteiger partial charge in [0, 0.05) is 11.3 Å². The van der Waals surface area contributed by atoms with Crippen LogP contribution in [0.1, 0.15) is 44.1 Å². The normalized spacial score (nSPS) is 32.9. The van der Waals surface area contributed by atoms with Crippen molar-refractivity contribution in [2.75, 3.05) is 5.32 Å². The van der Waals surface area contributed by atoms with Gasteiger partial charge in [-0.1, -0.05) is 6.07 Å². The SMILES string of the molecule is Cc1cc2ccc(NC(=O)C34CC5CC(CC(C5)C3)C4)cc2[nH]c1=O. The summed E-state index contributed by atoms with van der Waals surface area (Å²) in [7, 11) is 0. The monoisotopic (exact) mass is 336 g/mol. The third kappa shape index (κ3) is 2.42. The Kier molecular flexibility index (Phi) is 3.16. The van der Waals surface area contributed by atoms with Gasteiger partial charge in [-0.2, -0.15) is 0 Å². The first-order valence-electron chi connectivity index (χ1n) is 9.46. The number of aromatic amines is 1. The molecule has 25 heavy (non-hydrogen) atoms. The van der Waals surface area contributed by atoms with Crippen LogP contribution in [-0.4, -0.2) is 10.9 Å². The number of benzene rings is 1. The summed E-state index contributed by atoms with van der Waals surface area (Å²) in [5.74, 6) is 2.47. The number of hydrogen-bond donors (Lipinski definition) is 2. The van der Waals surface area contributed by atoms with Crippen LogP contribution in [0.15, 0.2) is 29.1 Å². The number of anilines is 1. The Morgan fingerprint density at radius 3 is 2.36 bits per heavy atom. The quantitative estimate of drug-likeness (QED) is 0.871. The molecular weight excluding hydrogens is 312 g/mol. The van der Waals surface area contributed by atoms with Crippen LogP contribution in [0.2, 0.25) is 0 Å². The van der Waals surface area contributed by atoms with Gasteiger partial charge in [-0.25, -0.2) is 0 Å². The highest BCUT2D eigenvalue weighted by Gasteiger charge is 2.54. The van der Waals surface area contributed by atoms with E-state index in [2.05, 4.69) is 10.3 Å². The minimum absolute atomic E-state index is 0.0722. The number of H-pyrrole nitrogens is 1. The smallest absolute Gasteiger partial charge is 0.251 e. The summed E-state index contributed by atoms with van der Waals surface area (Å²) in [5.41, 5.74) is 2.05. The second-order valence-electron chi connectivity index (χ2n) is 8.74. The number of pyridine rings is 1. The zero-order valence-corrected chi connectivity index (χ0v) is 14.6. The second kappa shape index (κ2) is 5.20. The fourth-order valence-electron chi connectivity index (χ4n) is 6.04. The number of aryl methyl sites for hydroxylation is 1. The third-order valence-electron chi connectivity index (χ3n) is 6.81. The Hall–Kier alpha value is -2.10. The lowest BCUT2D eigenvalue weighted by Gasteiger charge is -2.55. The Morgan fingerprint density at radius 1 is 1.08 bits per heavy atom. The molecule has 130 valence electrons. The third-order valence-corrected chi connectivity index (χ3v) is 6.81. The van der Waals surface area contributed by atoms with Crippen LogP contribution in [-0.2, 0) is 4.79 Å². The number of amides is 1. The van der Waals surface area contributed by atoms with Crippen LogP contribution < -0.4 is 10.9 Å². The van der Waals surface area contributed by atoms with E-state index in [1.165, 1.54) is 19.3 Å². The Morgan fingerprint density at radius 2 is 1.72 bits per heavy atom. The van der Waals surface area contributed by atoms with E-state index >= 15 is 0 Å². The average Bonchev–Trinajstić information content (AvgIpc) is 2.55. The molecule has 0 spiro atoms. The summed E-state index contributed by atoms with van der Waals surface area (Å²) in [6.07, 6.45) is 7.20. The summed E-state index contributed by atoms with van der Waals surface area (Å²) >= 11 is 0. The van der Waals surface area contributed by atoms with E-state index in [1.54, 1.807) is 6.92 Å². The van der Waals surface area contributed by atoms with Gasteiger partial charge in [0.2, 0.25) is 5.91 Å². The maximum Gasteiger partial charge on any atom is 0.251 e. The zero-order valence-electron chi connectivity index (χ0n) is 14.6. The zero-order chi connectivity index (χ0) is 17.2. The van der Waals surface area contributed by atoms with Crippen molar-refractivity contribution in [1.29, 1.82) is 0 Å². The molecule has 0 atom stereocenters. The number of fused-ring (bicyclic) bond motifs is 1. The first-order chi connectivity index (χ1) is 12.0. The molecule has 4 heteroatoms. The number of aromatic nitrogens is 1. The molecule has 4 bridgehead atoms. The number of carbonyl (C=O) groups excluding carboxylic acids is 1. The average molecular weight is 336 g/mol. The molecule has 6 rings (SSSR count). The number of carbonyl (C=O) groups is 1. The summed E-state index contributed by atoms with van der Waals surface area (Å²) in [4.78, 5) is 27.9. The van der Waals surface area contributed by atoms with E-state index in [-0.39, 0.29) is 16.9 Å². The van der Waals surface area contributed by atoms with Crippen molar-refractivity contribution in [3.05, 3.63) is 40.2 Å². The van der Waals surface area contributed by atoms with E-state index in [0.717, 1.165) is 53.6 Å². The highest BCUT2D eigenvalue weighted by molar-refractivity contribution is 5.97. The van der Waals surface area contributed by atoms with Gasteiger partial charge in [0.25, 0.3) is 5.56 Å². The molecule has 1 aromatic heterocycles. The van der Waals surface area contributed by atoms with Crippen LogP contribution in [0, 0.1) is 30.1 Å². The van der Waals surface area contributed by atoms with Gasteiger partial charge in [-0.15, -0.1) is 0 Å². The lowest BCUT2D eigenvalue weighted by molar-refractivity contribution is -0.140. The molecule has 4 aliphatic rings. The fourth-order valence-corrected chi connectivity index (χ4v) is 6.04. The first-order valence-corrected chi connectivity index (χ1v) is 9.46. The lowest BCUT2D eigenvalue weighted by atomic mass is 9.49. The molecule has 4 saturated carbocycles. The van der Waals surface area contributed by atoms with Crippen LogP contribution >= 0.6 is 0 Å². The molecule has 0 saturated heterocycles. The van der Waals surface area contributed by atoms with Crippen LogP contribution in [0.3, 0.4) is 0 Å². The van der Waals surface area contributed by atoms with Gasteiger partial charge in [0.05, 0.1) is 10.9 Å². The predicted octanol–water partition coefficient (Wildman–Crippen LogP) is 3.99. The summed E-state index contributed by atoms with van der Waals surface area (Å²) in [6, 6.07) is 7.68. The van der Waals surface area contributed by atoms with Gasteiger partial charge >= 0.3 is 0 Å². The van der Waals surface area contributed by atoms with E-state index in [0.29, 0.717) is 5.56 Å². The van der Waals surface area contributed by atoms with Crippen molar-refractivity contribution in [3.63, 3.8) is 0 Å². The molecule has 2 N–H and O–H groups in total. The Balaban J connectivity index is 1.43. The molecule has 2 aromatic rings. The van der Waals surface area contributed by atoms with E-state index in [9.17, 15) is 9.59 Å². The lowest BCUT2D eigenvalue weighted by Crippen LogP contribution is -2.51. The molecule has 4 fully saturated rings. The van der Waals surface area contributed by atoms with Gasteiger partial charge in [0.15, 0.2) is 0 Å². The standard InChI is InChI=1S/C21H24N2O2/c1-12-4-16-2-3-17(8-18(16)23-19(12)24)22-20(25)21-9-13-5-14(10-21)7-15(6-13)11-21/h2-4,8,13-15H,5-7,9-11H2,1H3,(H,22,25)(H,23,24). The van der Waals surface area contributed by atoms with E-state index in [4.69, 9.17) is 0 Å². The van der Waals surface area contributed by atoms with Crippen molar-refractivity contribution in [2.45, 2.75) is 45.4 Å². The molecule has 4 nitrogen and oxygen atoms in total. The van der Waals surface area contributed by atoms with Gasteiger partial charge < -0.3 is 10.3 Å². The van der Waals surface area contributed by atoms with Gasteiger partial charge in [0.1, 0.15) is 0 Å². The van der Waals surface area contributed by atoms with Gasteiger partial charge in [-0.3, -0.25) is 9.59 Å². The number of nitrogens with one attached hydrogen (secondary N) is 2. The minimum atomic E-state index is -0.148. The molecule has 1 aromatic carbocycles. The molecule has 1 amide bonds. The van der Waals surface area contributed by atoms with Crippen LogP contribution in [0.25, 0.3) is 10.9 Å². The summed E-state index contributed by atoms with van der Waals surface area (Å²) < 4.78 is 0. The number of hydrogen-bond acceptors (Lipinski definition) is 2. The maximum atomic E-state index is 13.1. The summed E-state index contributed by atoms with van der Waals surface area (Å²) in [5, 5.41) is 4.15. The van der Waals surface area contributed by atoms with Crippen LogP contribution in [0.4, 0.5) is 5.69 Å². The summed E-state index contributed by atoms with van der Waals surface area (Å²) in [6.45, 7) is 1.81. The highest BCUT2D eigenvalue weighted by Crippen LogP contribution is 2.60. The second-order valence-corrected chi connectivity index (χ2v) is 8.74. The van der Waals surface area contributed by atoms with E-state index in [1.807, 2.05) is 24.3 Å². The van der Waals surface area contributed by atoms with Crippen molar-refractivity contribution >= 4 is 22.5 Å². The molecule has 0 aliphatic heterocycles. The topological polar surface area (TPSA) is 62.0 Å². The molecule has 4 aliphatic carbocycles. The van der Waals surface area contributed by atoms with Crippen molar-refractivity contribution < 1.29 is 4.79 Å². The van der Waals surface area contributed by atoms with Crippen molar-refractivity contribution in [2.24, 2.45) is 23.2 Å². The molecular formula is C21H24N2O2. The van der Waals surface area contributed by atoms with Crippen molar-refractivity contribution in [1.82, 2.24) is 4.98 Å². The largest absolute Gasteiger partial charge is 0.326 e. The van der Waals surface area contributed by atoms with Crippen LogP contribution in [0.5, 0.6) is 0 Å². The molecule has 0 unspecified atom stereocenters. The Bertz CT molecular complexity index is 892. The first kappa shape index (κ1) is 15.2. The predicted molar refractivity (Wildman–Crippen MR) is 98.5 cm³/mol. The molecule has 1 heterocycles. The Labute approximate surface area is 147 Å². The maximum absolute atomic E-state index is 13.1. The van der Waals surface area contributed by atoms with Crippen molar-refractivity contribution in [3.8, 4) is 0 Å².